The van der Waals surface area contributed by atoms with Gasteiger partial charge in [0.1, 0.15) is 18.3 Å². The summed E-state index contributed by atoms with van der Waals surface area (Å²) in [4.78, 5) is 33.9. The van der Waals surface area contributed by atoms with Crippen molar-refractivity contribution in [3.05, 3.63) is 23.3 Å². The van der Waals surface area contributed by atoms with Gasteiger partial charge in [0, 0.05) is 26.0 Å². The van der Waals surface area contributed by atoms with Crippen LogP contribution in [0.1, 0.15) is 80.1 Å². The lowest BCUT2D eigenvalue weighted by atomic mass is 9.87. The number of rotatable bonds is 11. The molecule has 3 atom stereocenters. The predicted molar refractivity (Wildman–Crippen MR) is 131 cm³/mol. The van der Waals surface area contributed by atoms with Crippen LogP contribution in [0.5, 0.6) is 0 Å². The molecular formula is C25H41N3O6. The fourth-order valence-corrected chi connectivity index (χ4v) is 3.82. The highest BCUT2D eigenvalue weighted by atomic mass is 16.6. The monoisotopic (exact) mass is 479 g/mol. The van der Waals surface area contributed by atoms with Gasteiger partial charge >= 0.3 is 18.0 Å². The van der Waals surface area contributed by atoms with E-state index in [0.717, 1.165) is 24.1 Å². The number of carbonyl (C=O) groups excluding carboxylic acids is 3. The molecule has 9 nitrogen and oxygen atoms in total. The highest BCUT2D eigenvalue weighted by Crippen LogP contribution is 2.34. The molecule has 0 bridgehead atoms. The molecule has 1 fully saturated rings. The average molecular weight is 480 g/mol. The van der Waals surface area contributed by atoms with Gasteiger partial charge in [-0.3, -0.25) is 9.59 Å². The van der Waals surface area contributed by atoms with E-state index < -0.39 is 11.6 Å². The average Bonchev–Trinajstić information content (AvgIpc) is 2.87. The molecule has 0 aromatic carbocycles. The fourth-order valence-electron chi connectivity index (χ4n) is 3.82. The zero-order chi connectivity index (χ0) is 25.7. The molecule has 192 valence electrons. The van der Waals surface area contributed by atoms with Gasteiger partial charge in [0.05, 0.1) is 6.61 Å². The van der Waals surface area contributed by atoms with Crippen molar-refractivity contribution in [2.75, 3.05) is 13.2 Å². The van der Waals surface area contributed by atoms with Crippen molar-refractivity contribution in [3.8, 4) is 0 Å². The number of esters is 2. The largest absolute Gasteiger partial charge is 0.462 e. The minimum absolute atomic E-state index is 0.114. The maximum absolute atomic E-state index is 11.7. The number of allylic oxidation sites excluding steroid dienone is 2. The van der Waals surface area contributed by atoms with Gasteiger partial charge < -0.3 is 19.9 Å². The van der Waals surface area contributed by atoms with E-state index in [1.54, 1.807) is 0 Å². The molecule has 1 rings (SSSR count). The molecule has 1 saturated heterocycles. The third kappa shape index (κ3) is 11.4. The summed E-state index contributed by atoms with van der Waals surface area (Å²) < 4.78 is 16.9. The van der Waals surface area contributed by atoms with E-state index in [2.05, 4.69) is 23.5 Å². The number of primary amides is 1. The van der Waals surface area contributed by atoms with Crippen LogP contribution in [0.2, 0.25) is 0 Å². The second-order valence-corrected chi connectivity index (χ2v) is 9.26. The van der Waals surface area contributed by atoms with Crippen molar-refractivity contribution in [1.29, 1.82) is 0 Å². The summed E-state index contributed by atoms with van der Waals surface area (Å²) in [7, 11) is 0. The first kappa shape index (κ1) is 29.4. The number of urea groups is 1. The number of nitrogens with zero attached hydrogens (tertiary/aromatic N) is 1. The molecule has 3 N–H and O–H groups in total. The van der Waals surface area contributed by atoms with Gasteiger partial charge in [-0.1, -0.05) is 18.6 Å². The Morgan fingerprint density at radius 1 is 1.26 bits per heavy atom. The first-order chi connectivity index (χ1) is 15.9. The Balaban J connectivity index is 2.85. The van der Waals surface area contributed by atoms with Crippen molar-refractivity contribution in [2.24, 2.45) is 16.8 Å². The minimum atomic E-state index is -0.692. The number of nitrogens with one attached hydrogen (secondary N) is 1. The third-order valence-corrected chi connectivity index (χ3v) is 5.87. The van der Waals surface area contributed by atoms with Gasteiger partial charge in [-0.05, 0) is 70.4 Å². The Hall–Kier alpha value is -2.68. The van der Waals surface area contributed by atoms with Gasteiger partial charge in [0.25, 0.3) is 0 Å². The summed E-state index contributed by atoms with van der Waals surface area (Å²) in [6.45, 7) is 11.4. The van der Waals surface area contributed by atoms with Gasteiger partial charge in [-0.25, -0.2) is 10.2 Å². The molecule has 1 heterocycles. The molecule has 0 aliphatic carbocycles. The first-order valence-electron chi connectivity index (χ1n) is 11.8. The summed E-state index contributed by atoms with van der Waals surface area (Å²) >= 11 is 0. The third-order valence-electron chi connectivity index (χ3n) is 5.87. The molecule has 1 unspecified atom stereocenters. The standard InChI is InChI=1S/C25H41N3O6/c1-17(2)9-11-22(27-28-24(26)31)18(3)8-7-14-25(6)23(34-20(5)30)12-10-21(16-33-25)13-15-32-19(4)29/h9,13,18,23H,7-8,10-12,14-16H2,1-6H3,(H3,26,28,31)/t18?,23-,25+/m1/s1. The van der Waals surface area contributed by atoms with E-state index in [1.165, 1.54) is 19.4 Å². The number of hydrogen-bond acceptors (Lipinski definition) is 7. The van der Waals surface area contributed by atoms with E-state index in [9.17, 15) is 14.4 Å². The van der Waals surface area contributed by atoms with Crippen molar-refractivity contribution in [3.63, 3.8) is 0 Å². The topological polar surface area (TPSA) is 129 Å². The molecule has 9 heteroatoms. The lowest BCUT2D eigenvalue weighted by Crippen LogP contribution is -2.43. The fraction of sp³-hybridized carbons (Fsp3) is 0.680. The molecule has 1 aliphatic heterocycles. The number of ether oxygens (including phenoxy) is 3. The molecule has 0 aromatic rings. The van der Waals surface area contributed by atoms with Crippen LogP contribution in [0.25, 0.3) is 0 Å². The van der Waals surface area contributed by atoms with E-state index in [-0.39, 0.29) is 30.6 Å². The Labute approximate surface area is 203 Å². The molecule has 0 radical (unpaired) electrons. The Bertz CT molecular complexity index is 800. The molecular weight excluding hydrogens is 438 g/mol. The van der Waals surface area contributed by atoms with Crippen LogP contribution in [-0.4, -0.2) is 48.6 Å². The van der Waals surface area contributed by atoms with Crippen LogP contribution in [0.15, 0.2) is 28.4 Å². The lowest BCUT2D eigenvalue weighted by molar-refractivity contribution is -0.167. The predicted octanol–water partition coefficient (Wildman–Crippen LogP) is 4.16. The van der Waals surface area contributed by atoms with E-state index in [4.69, 9.17) is 19.9 Å². The smallest absolute Gasteiger partial charge is 0.332 e. The van der Waals surface area contributed by atoms with Crippen LogP contribution in [0.4, 0.5) is 4.79 Å². The van der Waals surface area contributed by atoms with Crippen LogP contribution in [0, 0.1) is 5.92 Å². The van der Waals surface area contributed by atoms with Crippen LogP contribution in [-0.2, 0) is 23.8 Å². The van der Waals surface area contributed by atoms with Crippen molar-refractivity contribution in [2.45, 2.75) is 91.8 Å². The highest BCUT2D eigenvalue weighted by Gasteiger charge is 2.39. The number of hydrazone groups is 1. The Morgan fingerprint density at radius 3 is 2.56 bits per heavy atom. The number of hydrogen-bond donors (Lipinski definition) is 2. The van der Waals surface area contributed by atoms with Gasteiger partial charge in [0.2, 0.25) is 0 Å². The molecule has 34 heavy (non-hydrogen) atoms. The summed E-state index contributed by atoms with van der Waals surface area (Å²) in [5.41, 5.74) is 9.90. The summed E-state index contributed by atoms with van der Waals surface area (Å²) in [6, 6.07) is -0.692. The number of amides is 2. The van der Waals surface area contributed by atoms with Gasteiger partial charge in [0.15, 0.2) is 0 Å². The zero-order valence-electron chi connectivity index (χ0n) is 21.4. The lowest BCUT2D eigenvalue weighted by Gasteiger charge is -2.35. The van der Waals surface area contributed by atoms with Gasteiger partial charge in [-0.2, -0.15) is 5.10 Å². The maximum atomic E-state index is 11.7. The number of carbonyl (C=O) groups is 3. The second kappa shape index (κ2) is 14.6. The number of nitrogens with two attached hydrogens (primary N) is 1. The summed E-state index contributed by atoms with van der Waals surface area (Å²) in [6.07, 6.45) is 7.82. The van der Waals surface area contributed by atoms with E-state index in [1.807, 2.05) is 26.8 Å². The Kier molecular flexibility index (Phi) is 12.6. The highest BCUT2D eigenvalue weighted by molar-refractivity contribution is 5.88. The van der Waals surface area contributed by atoms with Crippen molar-refractivity contribution in [1.82, 2.24) is 5.43 Å². The molecule has 1 aliphatic rings. The quantitative estimate of drug-likeness (QED) is 0.198. The van der Waals surface area contributed by atoms with Crippen molar-refractivity contribution >= 4 is 23.7 Å². The normalized spacial score (nSPS) is 22.9. The summed E-state index contributed by atoms with van der Waals surface area (Å²) in [5, 5.41) is 4.20. The molecule has 0 spiro atoms. The minimum Gasteiger partial charge on any atom is -0.462 e. The summed E-state index contributed by atoms with van der Waals surface area (Å²) in [5.74, 6) is -0.556. The maximum Gasteiger partial charge on any atom is 0.332 e. The van der Waals surface area contributed by atoms with E-state index >= 15 is 0 Å². The molecule has 0 saturated carbocycles. The van der Waals surface area contributed by atoms with Crippen LogP contribution >= 0.6 is 0 Å². The van der Waals surface area contributed by atoms with Crippen LogP contribution < -0.4 is 11.2 Å². The molecule has 0 aromatic heterocycles. The second-order valence-electron chi connectivity index (χ2n) is 9.26. The Morgan fingerprint density at radius 2 is 1.97 bits per heavy atom. The SMILES string of the molecule is CC(=O)OCC=C1CC[C@@H](OC(C)=O)[C@](C)(CCCC(C)C(CC=C(C)C)=NNC(N)=O)OC1. The first-order valence-corrected chi connectivity index (χ1v) is 11.8. The van der Waals surface area contributed by atoms with Crippen molar-refractivity contribution < 1.29 is 28.6 Å². The molecule has 2 amide bonds. The zero-order valence-corrected chi connectivity index (χ0v) is 21.4. The van der Waals surface area contributed by atoms with Crippen LogP contribution in [0.3, 0.4) is 0 Å². The van der Waals surface area contributed by atoms with E-state index in [0.29, 0.717) is 32.3 Å². The van der Waals surface area contributed by atoms with Gasteiger partial charge in [-0.15, -0.1) is 0 Å².